The third-order valence-electron chi connectivity index (χ3n) is 3.02. The SMILES string of the molecule is CN(C)c1ccc(-c2ccc(N)c(P(C)(C)=O)c2)nn1. The molecule has 0 saturated heterocycles. The number of rotatable bonds is 3. The summed E-state index contributed by atoms with van der Waals surface area (Å²) in [7, 11) is 1.41. The van der Waals surface area contributed by atoms with Gasteiger partial charge in [0.25, 0.3) is 0 Å². The van der Waals surface area contributed by atoms with Crippen molar-refractivity contribution < 1.29 is 4.57 Å². The van der Waals surface area contributed by atoms with E-state index < -0.39 is 7.14 Å². The Labute approximate surface area is 119 Å². The molecule has 0 amide bonds. The monoisotopic (exact) mass is 290 g/mol. The average Bonchev–Trinajstić information content (AvgIpc) is 2.38. The molecule has 0 aliphatic heterocycles. The Morgan fingerprint density at radius 2 is 1.80 bits per heavy atom. The Balaban J connectivity index is 2.46. The number of aromatic nitrogens is 2. The fourth-order valence-corrected chi connectivity index (χ4v) is 3.03. The molecule has 0 unspecified atom stereocenters. The fraction of sp³-hybridized carbons (Fsp3) is 0.286. The Morgan fingerprint density at radius 1 is 1.10 bits per heavy atom. The van der Waals surface area contributed by atoms with Gasteiger partial charge in [-0.3, -0.25) is 0 Å². The van der Waals surface area contributed by atoms with E-state index in [0.717, 1.165) is 17.1 Å². The highest BCUT2D eigenvalue weighted by atomic mass is 31.2. The number of nitrogens with zero attached hydrogens (tertiary/aromatic N) is 3. The van der Waals surface area contributed by atoms with Crippen LogP contribution >= 0.6 is 7.14 Å². The van der Waals surface area contributed by atoms with Gasteiger partial charge in [0.15, 0.2) is 5.82 Å². The maximum Gasteiger partial charge on any atom is 0.150 e. The van der Waals surface area contributed by atoms with Crippen molar-refractivity contribution in [3.05, 3.63) is 30.3 Å². The van der Waals surface area contributed by atoms with Crippen LogP contribution < -0.4 is 15.9 Å². The van der Waals surface area contributed by atoms with Crippen LogP contribution in [0.1, 0.15) is 0 Å². The van der Waals surface area contributed by atoms with Gasteiger partial charge in [-0.15, -0.1) is 10.2 Å². The summed E-state index contributed by atoms with van der Waals surface area (Å²) in [6, 6.07) is 9.28. The second-order valence-corrected chi connectivity index (χ2v) is 8.48. The molecule has 0 aliphatic carbocycles. The lowest BCUT2D eigenvalue weighted by Gasteiger charge is -2.13. The summed E-state index contributed by atoms with van der Waals surface area (Å²) in [6.07, 6.45) is 0. The van der Waals surface area contributed by atoms with E-state index >= 15 is 0 Å². The minimum Gasteiger partial charge on any atom is -0.398 e. The quantitative estimate of drug-likeness (QED) is 0.692. The van der Waals surface area contributed by atoms with Crippen LogP contribution in [0, 0.1) is 0 Å². The zero-order chi connectivity index (χ0) is 14.9. The first kappa shape index (κ1) is 14.5. The number of nitrogens with two attached hydrogens (primary N) is 1. The van der Waals surface area contributed by atoms with Crippen LogP contribution in [0.2, 0.25) is 0 Å². The predicted octanol–water partition coefficient (Wildman–Crippen LogP) is 2.04. The lowest BCUT2D eigenvalue weighted by molar-refractivity contribution is 0.588. The van der Waals surface area contributed by atoms with Gasteiger partial charge in [-0.1, -0.05) is 6.07 Å². The van der Waals surface area contributed by atoms with E-state index in [4.69, 9.17) is 5.73 Å². The van der Waals surface area contributed by atoms with Crippen molar-refractivity contribution in [3.63, 3.8) is 0 Å². The van der Waals surface area contributed by atoms with Gasteiger partial charge >= 0.3 is 0 Å². The van der Waals surface area contributed by atoms with E-state index in [2.05, 4.69) is 10.2 Å². The Bertz CT molecular complexity index is 661. The third kappa shape index (κ3) is 2.99. The summed E-state index contributed by atoms with van der Waals surface area (Å²) < 4.78 is 12.2. The highest BCUT2D eigenvalue weighted by Crippen LogP contribution is 2.38. The van der Waals surface area contributed by atoms with Crippen LogP contribution in [-0.4, -0.2) is 37.6 Å². The summed E-state index contributed by atoms with van der Waals surface area (Å²) in [5, 5.41) is 9.03. The van der Waals surface area contributed by atoms with Crippen LogP contribution in [0.5, 0.6) is 0 Å². The van der Waals surface area contributed by atoms with Crippen LogP contribution in [0.4, 0.5) is 11.5 Å². The van der Waals surface area contributed by atoms with Crippen LogP contribution in [0.3, 0.4) is 0 Å². The zero-order valence-electron chi connectivity index (χ0n) is 12.2. The van der Waals surface area contributed by atoms with Gasteiger partial charge in [-0.2, -0.15) is 0 Å². The van der Waals surface area contributed by atoms with Crippen molar-refractivity contribution in [3.8, 4) is 11.3 Å². The number of benzene rings is 1. The molecule has 2 rings (SSSR count). The molecule has 106 valence electrons. The number of nitrogen functional groups attached to an aromatic ring is 1. The van der Waals surface area contributed by atoms with Crippen molar-refractivity contribution >= 4 is 24.0 Å². The number of anilines is 2. The van der Waals surface area contributed by atoms with Gasteiger partial charge in [0.1, 0.15) is 7.14 Å². The second-order valence-electron chi connectivity index (χ2n) is 5.30. The molecule has 20 heavy (non-hydrogen) atoms. The van der Waals surface area contributed by atoms with Crippen molar-refractivity contribution in [2.75, 3.05) is 38.1 Å². The third-order valence-corrected chi connectivity index (χ3v) is 4.56. The minimum absolute atomic E-state index is 0.556. The van der Waals surface area contributed by atoms with Gasteiger partial charge in [-0.05, 0) is 37.6 Å². The first-order chi connectivity index (χ1) is 9.29. The van der Waals surface area contributed by atoms with Crippen molar-refractivity contribution in [2.24, 2.45) is 0 Å². The molecule has 0 bridgehead atoms. The van der Waals surface area contributed by atoms with Crippen molar-refractivity contribution in [1.82, 2.24) is 10.2 Å². The first-order valence-electron chi connectivity index (χ1n) is 6.25. The summed E-state index contributed by atoms with van der Waals surface area (Å²) >= 11 is 0. The molecule has 0 fully saturated rings. The van der Waals surface area contributed by atoms with E-state index in [-0.39, 0.29) is 0 Å². The van der Waals surface area contributed by atoms with E-state index in [1.54, 1.807) is 19.4 Å². The van der Waals surface area contributed by atoms with E-state index in [1.165, 1.54) is 0 Å². The molecule has 0 aliphatic rings. The maximum atomic E-state index is 12.2. The highest BCUT2D eigenvalue weighted by Gasteiger charge is 2.16. The van der Waals surface area contributed by atoms with Gasteiger partial charge in [0.05, 0.1) is 5.69 Å². The molecule has 0 saturated carbocycles. The molecule has 1 heterocycles. The van der Waals surface area contributed by atoms with Crippen molar-refractivity contribution in [2.45, 2.75) is 0 Å². The highest BCUT2D eigenvalue weighted by molar-refractivity contribution is 7.70. The molecule has 2 N–H and O–H groups in total. The summed E-state index contributed by atoms with van der Waals surface area (Å²) in [5.41, 5.74) is 8.07. The summed E-state index contributed by atoms with van der Waals surface area (Å²) in [5.74, 6) is 0.793. The van der Waals surface area contributed by atoms with Crippen molar-refractivity contribution in [1.29, 1.82) is 0 Å². The minimum atomic E-state index is -2.41. The largest absolute Gasteiger partial charge is 0.398 e. The number of hydrogen-bond donors (Lipinski definition) is 1. The Kier molecular flexibility index (Phi) is 3.82. The summed E-state index contributed by atoms with van der Waals surface area (Å²) in [4.78, 5) is 1.89. The van der Waals surface area contributed by atoms with Gasteiger partial charge in [-0.25, -0.2) is 0 Å². The Hall–Kier alpha value is -1.87. The topological polar surface area (TPSA) is 72.1 Å². The standard InChI is InChI=1S/C14H19N4OP/c1-18(2)14-8-7-12(16-17-14)10-5-6-11(15)13(9-10)20(3,4)19/h5-9H,15H2,1-4H3. The zero-order valence-corrected chi connectivity index (χ0v) is 13.1. The molecule has 0 spiro atoms. The predicted molar refractivity (Wildman–Crippen MR) is 85.3 cm³/mol. The average molecular weight is 290 g/mol. The molecule has 6 heteroatoms. The number of hydrogen-bond acceptors (Lipinski definition) is 5. The lowest BCUT2D eigenvalue weighted by Crippen LogP contribution is -2.12. The summed E-state index contributed by atoms with van der Waals surface area (Å²) in [6.45, 7) is 3.42. The van der Waals surface area contributed by atoms with Crippen LogP contribution in [-0.2, 0) is 4.57 Å². The molecular weight excluding hydrogens is 271 g/mol. The smallest absolute Gasteiger partial charge is 0.150 e. The molecule has 2 aromatic rings. The van der Waals surface area contributed by atoms with Gasteiger partial charge < -0.3 is 15.2 Å². The van der Waals surface area contributed by atoms with Gasteiger partial charge in [0.2, 0.25) is 0 Å². The fourth-order valence-electron chi connectivity index (χ4n) is 1.89. The molecule has 0 radical (unpaired) electrons. The normalized spacial score (nSPS) is 11.4. The molecule has 0 atom stereocenters. The van der Waals surface area contributed by atoms with Crippen LogP contribution in [0.25, 0.3) is 11.3 Å². The van der Waals surface area contributed by atoms with E-state index in [1.807, 2.05) is 43.3 Å². The maximum absolute atomic E-state index is 12.2. The second kappa shape index (κ2) is 5.25. The Morgan fingerprint density at radius 3 is 2.30 bits per heavy atom. The van der Waals surface area contributed by atoms with Gasteiger partial charge in [0, 0.05) is 30.7 Å². The molecular formula is C14H19N4OP. The first-order valence-corrected chi connectivity index (χ1v) is 8.85. The molecule has 1 aromatic heterocycles. The van der Waals surface area contributed by atoms with Crippen LogP contribution in [0.15, 0.2) is 30.3 Å². The molecule has 5 nitrogen and oxygen atoms in total. The van der Waals surface area contributed by atoms with E-state index in [0.29, 0.717) is 11.0 Å². The van der Waals surface area contributed by atoms with E-state index in [9.17, 15) is 4.57 Å². The molecule has 1 aromatic carbocycles. The lowest BCUT2D eigenvalue weighted by atomic mass is 10.1.